The van der Waals surface area contributed by atoms with Gasteiger partial charge in [0.25, 0.3) is 0 Å². The van der Waals surface area contributed by atoms with Gasteiger partial charge in [0.1, 0.15) is 0 Å². The number of aromatic hydroxyl groups is 1. The summed E-state index contributed by atoms with van der Waals surface area (Å²) in [7, 11) is 1.56. The van der Waals surface area contributed by atoms with Crippen molar-refractivity contribution in [2.75, 3.05) is 7.11 Å². The summed E-state index contributed by atoms with van der Waals surface area (Å²) in [5.41, 5.74) is 2.38. The van der Waals surface area contributed by atoms with Crippen LogP contribution < -0.4 is 10.1 Å². The highest BCUT2D eigenvalue weighted by Gasteiger charge is 2.15. The molecule has 3 heteroatoms. The summed E-state index contributed by atoms with van der Waals surface area (Å²) in [4.78, 5) is 0. The molecular weight excluding hydrogens is 262 g/mol. The van der Waals surface area contributed by atoms with Crippen LogP contribution in [0.15, 0.2) is 48.5 Å². The van der Waals surface area contributed by atoms with E-state index in [0.717, 1.165) is 12.1 Å². The van der Waals surface area contributed by atoms with Crippen molar-refractivity contribution < 1.29 is 9.84 Å². The van der Waals surface area contributed by atoms with E-state index in [0.29, 0.717) is 17.7 Å². The van der Waals surface area contributed by atoms with Crippen molar-refractivity contribution in [3.05, 3.63) is 59.7 Å². The molecule has 0 fully saturated rings. The van der Waals surface area contributed by atoms with Gasteiger partial charge >= 0.3 is 0 Å². The molecule has 0 aliphatic heterocycles. The number of phenols is 1. The second kappa shape index (κ2) is 7.14. The maximum absolute atomic E-state index is 9.63. The van der Waals surface area contributed by atoms with E-state index in [9.17, 15) is 5.11 Å². The molecule has 0 bridgehead atoms. The van der Waals surface area contributed by atoms with E-state index < -0.39 is 0 Å². The summed E-state index contributed by atoms with van der Waals surface area (Å²) in [5.74, 6) is 1.17. The largest absolute Gasteiger partial charge is 0.504 e. The summed E-state index contributed by atoms with van der Waals surface area (Å²) < 4.78 is 5.15. The van der Waals surface area contributed by atoms with E-state index in [2.05, 4.69) is 43.4 Å². The SMILES string of the molecule is COc1cc(CNC(c2ccccc2)C(C)C)ccc1O. The highest BCUT2D eigenvalue weighted by atomic mass is 16.5. The number of hydrogen-bond donors (Lipinski definition) is 2. The highest BCUT2D eigenvalue weighted by molar-refractivity contribution is 5.41. The topological polar surface area (TPSA) is 41.5 Å². The predicted molar refractivity (Wildman–Crippen MR) is 85.5 cm³/mol. The Morgan fingerprint density at radius 2 is 1.81 bits per heavy atom. The third-order valence-electron chi connectivity index (χ3n) is 3.60. The van der Waals surface area contributed by atoms with Gasteiger partial charge in [-0.2, -0.15) is 0 Å². The van der Waals surface area contributed by atoms with Crippen LogP contribution in [0, 0.1) is 5.92 Å². The molecule has 1 unspecified atom stereocenters. The smallest absolute Gasteiger partial charge is 0.160 e. The van der Waals surface area contributed by atoms with Crippen LogP contribution in [0.4, 0.5) is 0 Å². The lowest BCUT2D eigenvalue weighted by Crippen LogP contribution is -2.25. The van der Waals surface area contributed by atoms with E-state index in [1.54, 1.807) is 13.2 Å². The standard InChI is InChI=1S/C18H23NO2/c1-13(2)18(15-7-5-4-6-8-15)19-12-14-9-10-16(20)17(11-14)21-3/h4-11,13,18-20H,12H2,1-3H3. The fraction of sp³-hybridized carbons (Fsp3) is 0.333. The Labute approximate surface area is 126 Å². The van der Waals surface area contributed by atoms with Crippen LogP contribution in [0.5, 0.6) is 11.5 Å². The minimum atomic E-state index is 0.171. The molecule has 1 atom stereocenters. The van der Waals surface area contributed by atoms with E-state index in [1.807, 2.05) is 18.2 Å². The molecule has 2 N–H and O–H groups in total. The lowest BCUT2D eigenvalue weighted by molar-refractivity contribution is 0.371. The monoisotopic (exact) mass is 285 g/mol. The van der Waals surface area contributed by atoms with E-state index in [-0.39, 0.29) is 5.75 Å². The normalized spacial score (nSPS) is 12.4. The van der Waals surface area contributed by atoms with Crippen LogP contribution >= 0.6 is 0 Å². The van der Waals surface area contributed by atoms with Gasteiger partial charge in [-0.25, -0.2) is 0 Å². The second-order valence-electron chi connectivity index (χ2n) is 5.52. The van der Waals surface area contributed by atoms with Crippen LogP contribution in [0.1, 0.15) is 31.0 Å². The van der Waals surface area contributed by atoms with Crippen LogP contribution in [0.25, 0.3) is 0 Å². The summed E-state index contributed by atoms with van der Waals surface area (Å²) >= 11 is 0. The van der Waals surface area contributed by atoms with Gasteiger partial charge in [0.2, 0.25) is 0 Å². The lowest BCUT2D eigenvalue weighted by Gasteiger charge is -2.23. The summed E-state index contributed by atoms with van der Waals surface area (Å²) in [6.07, 6.45) is 0. The Balaban J connectivity index is 2.09. The van der Waals surface area contributed by atoms with E-state index in [1.165, 1.54) is 5.56 Å². The first-order valence-corrected chi connectivity index (χ1v) is 7.26. The molecule has 21 heavy (non-hydrogen) atoms. The molecule has 2 aromatic carbocycles. The Kier molecular flexibility index (Phi) is 5.23. The number of hydrogen-bond acceptors (Lipinski definition) is 3. The van der Waals surface area contributed by atoms with Crippen molar-refractivity contribution in [1.29, 1.82) is 0 Å². The van der Waals surface area contributed by atoms with E-state index in [4.69, 9.17) is 4.74 Å². The fourth-order valence-corrected chi connectivity index (χ4v) is 2.46. The molecule has 0 saturated carbocycles. The zero-order valence-electron chi connectivity index (χ0n) is 12.8. The van der Waals surface area contributed by atoms with Gasteiger partial charge in [-0.15, -0.1) is 0 Å². The van der Waals surface area contributed by atoms with Gasteiger partial charge in [-0.05, 0) is 29.2 Å². The molecule has 3 nitrogen and oxygen atoms in total. The zero-order chi connectivity index (χ0) is 15.2. The average Bonchev–Trinajstić information content (AvgIpc) is 2.49. The number of nitrogens with one attached hydrogen (secondary N) is 1. The molecule has 0 aromatic heterocycles. The van der Waals surface area contributed by atoms with Gasteiger partial charge in [0.15, 0.2) is 11.5 Å². The molecule has 0 spiro atoms. The highest BCUT2D eigenvalue weighted by Crippen LogP contribution is 2.27. The Morgan fingerprint density at radius 3 is 2.43 bits per heavy atom. The third kappa shape index (κ3) is 3.99. The first-order chi connectivity index (χ1) is 10.1. The number of phenolic OH excluding ortho intramolecular Hbond substituents is 1. The van der Waals surface area contributed by atoms with Crippen molar-refractivity contribution in [3.63, 3.8) is 0 Å². The van der Waals surface area contributed by atoms with Crippen LogP contribution in [-0.4, -0.2) is 12.2 Å². The van der Waals surface area contributed by atoms with Crippen LogP contribution in [-0.2, 0) is 6.54 Å². The molecule has 112 valence electrons. The van der Waals surface area contributed by atoms with Gasteiger partial charge in [-0.1, -0.05) is 50.2 Å². The molecular formula is C18H23NO2. The van der Waals surface area contributed by atoms with Crippen molar-refractivity contribution in [2.24, 2.45) is 5.92 Å². The maximum atomic E-state index is 9.63. The molecule has 2 aromatic rings. The molecule has 0 amide bonds. The van der Waals surface area contributed by atoms with Crippen molar-refractivity contribution in [3.8, 4) is 11.5 Å². The third-order valence-corrected chi connectivity index (χ3v) is 3.60. The van der Waals surface area contributed by atoms with Crippen molar-refractivity contribution in [1.82, 2.24) is 5.32 Å². The fourth-order valence-electron chi connectivity index (χ4n) is 2.46. The Bertz CT molecular complexity index is 567. The molecule has 0 aliphatic rings. The van der Waals surface area contributed by atoms with Gasteiger partial charge in [-0.3, -0.25) is 0 Å². The Hall–Kier alpha value is -2.00. The summed E-state index contributed by atoms with van der Waals surface area (Å²) in [6, 6.07) is 16.2. The average molecular weight is 285 g/mol. The molecule has 0 heterocycles. The second-order valence-corrected chi connectivity index (χ2v) is 5.52. The Morgan fingerprint density at radius 1 is 1.10 bits per heavy atom. The maximum Gasteiger partial charge on any atom is 0.160 e. The minimum absolute atomic E-state index is 0.171. The number of rotatable bonds is 6. The summed E-state index contributed by atoms with van der Waals surface area (Å²) in [5, 5.41) is 13.2. The molecule has 0 saturated heterocycles. The first kappa shape index (κ1) is 15.4. The number of methoxy groups -OCH3 is 1. The van der Waals surface area contributed by atoms with Gasteiger partial charge < -0.3 is 15.2 Å². The molecule has 2 rings (SSSR count). The van der Waals surface area contributed by atoms with Crippen LogP contribution in [0.3, 0.4) is 0 Å². The predicted octanol–water partition coefficient (Wildman–Crippen LogP) is 3.89. The van der Waals surface area contributed by atoms with Gasteiger partial charge in [0.05, 0.1) is 7.11 Å². The van der Waals surface area contributed by atoms with Crippen molar-refractivity contribution >= 4 is 0 Å². The number of ether oxygens (including phenoxy) is 1. The molecule has 0 radical (unpaired) electrons. The summed E-state index contributed by atoms with van der Waals surface area (Å²) in [6.45, 7) is 5.15. The first-order valence-electron chi connectivity index (χ1n) is 7.26. The van der Waals surface area contributed by atoms with Crippen molar-refractivity contribution in [2.45, 2.75) is 26.4 Å². The number of benzene rings is 2. The molecule has 0 aliphatic carbocycles. The van der Waals surface area contributed by atoms with Gasteiger partial charge in [0, 0.05) is 12.6 Å². The van der Waals surface area contributed by atoms with E-state index >= 15 is 0 Å². The zero-order valence-corrected chi connectivity index (χ0v) is 12.8. The lowest BCUT2D eigenvalue weighted by atomic mass is 9.96. The quantitative estimate of drug-likeness (QED) is 0.846. The van der Waals surface area contributed by atoms with Crippen LogP contribution in [0.2, 0.25) is 0 Å². The minimum Gasteiger partial charge on any atom is -0.504 e.